The minimum absolute atomic E-state index is 0.0356. The van der Waals surface area contributed by atoms with E-state index in [2.05, 4.69) is 0 Å². The minimum Gasteiger partial charge on any atom is -0.391 e. The van der Waals surface area contributed by atoms with Gasteiger partial charge in [0.1, 0.15) is 6.10 Å². The average Bonchev–Trinajstić information content (AvgIpc) is 2.94. The topological polar surface area (TPSA) is 32.8 Å². The Labute approximate surface area is 90.7 Å². The number of aliphatic hydroxyl groups is 1. The number of rotatable bonds is 2. The third-order valence-electron chi connectivity index (χ3n) is 2.72. The Kier molecular flexibility index (Phi) is 2.47. The highest BCUT2D eigenvalue weighted by Gasteiger charge is 2.75. The van der Waals surface area contributed by atoms with Crippen LogP contribution in [0.4, 0.5) is 13.2 Å². The van der Waals surface area contributed by atoms with Crippen molar-refractivity contribution in [1.29, 1.82) is 0 Å². The Morgan fingerprint density at radius 1 is 1.31 bits per heavy atom. The number of alkyl halides is 3. The van der Waals surface area contributed by atoms with Gasteiger partial charge in [0.2, 0.25) is 5.60 Å². The molecule has 16 heavy (non-hydrogen) atoms. The number of benzene rings is 1. The van der Waals surface area contributed by atoms with Gasteiger partial charge in [-0.05, 0) is 12.5 Å². The van der Waals surface area contributed by atoms with E-state index in [4.69, 9.17) is 4.74 Å². The van der Waals surface area contributed by atoms with E-state index < -0.39 is 24.0 Å². The zero-order valence-corrected chi connectivity index (χ0v) is 8.53. The average molecular weight is 232 g/mol. The highest BCUT2D eigenvalue weighted by molar-refractivity contribution is 5.32. The first-order valence-electron chi connectivity index (χ1n) is 4.88. The molecule has 2 rings (SSSR count). The number of aliphatic hydroxyl groups excluding tert-OH is 1. The van der Waals surface area contributed by atoms with Crippen molar-refractivity contribution in [1.82, 2.24) is 0 Å². The molecular weight excluding hydrogens is 221 g/mol. The predicted octanol–water partition coefficient (Wildman–Crippen LogP) is 2.22. The molecule has 0 spiro atoms. The molecule has 1 aliphatic rings. The summed E-state index contributed by atoms with van der Waals surface area (Å²) in [6, 6.07) is 7.38. The third kappa shape index (κ3) is 1.51. The Morgan fingerprint density at radius 2 is 1.88 bits per heavy atom. The summed E-state index contributed by atoms with van der Waals surface area (Å²) in [6.45, 7) is 1.29. The zero-order valence-electron chi connectivity index (χ0n) is 8.53. The van der Waals surface area contributed by atoms with Crippen molar-refractivity contribution >= 4 is 0 Å². The highest BCUT2D eigenvalue weighted by Crippen LogP contribution is 2.58. The van der Waals surface area contributed by atoms with Crippen molar-refractivity contribution < 1.29 is 23.0 Å². The third-order valence-corrected chi connectivity index (χ3v) is 2.72. The van der Waals surface area contributed by atoms with Crippen molar-refractivity contribution in [3.8, 4) is 0 Å². The molecule has 0 amide bonds. The molecule has 1 fully saturated rings. The summed E-state index contributed by atoms with van der Waals surface area (Å²) in [5, 5.41) is 9.23. The van der Waals surface area contributed by atoms with Gasteiger partial charge in [-0.15, -0.1) is 0 Å². The fourth-order valence-electron chi connectivity index (χ4n) is 1.91. The first kappa shape index (κ1) is 11.4. The maximum Gasteiger partial charge on any atom is 0.424 e. The van der Waals surface area contributed by atoms with Gasteiger partial charge in [0.15, 0.2) is 0 Å². The maximum absolute atomic E-state index is 13.0. The van der Waals surface area contributed by atoms with Crippen LogP contribution in [0.1, 0.15) is 12.5 Å². The summed E-state index contributed by atoms with van der Waals surface area (Å²) >= 11 is 0. The highest BCUT2D eigenvalue weighted by atomic mass is 19.4. The molecule has 0 bridgehead atoms. The van der Waals surface area contributed by atoms with Crippen molar-refractivity contribution in [3.05, 3.63) is 35.9 Å². The second-order valence-corrected chi connectivity index (χ2v) is 3.88. The number of ether oxygens (including phenoxy) is 1. The van der Waals surface area contributed by atoms with Gasteiger partial charge in [-0.25, -0.2) is 0 Å². The molecule has 1 saturated heterocycles. The minimum atomic E-state index is -4.52. The van der Waals surface area contributed by atoms with Crippen LogP contribution in [-0.2, 0) is 10.3 Å². The zero-order chi connectivity index (χ0) is 12.0. The Morgan fingerprint density at radius 3 is 2.25 bits per heavy atom. The number of hydrogen-bond donors (Lipinski definition) is 1. The molecule has 1 aromatic carbocycles. The normalized spacial score (nSPS) is 31.2. The summed E-state index contributed by atoms with van der Waals surface area (Å²) in [5.74, 6) is 0. The maximum atomic E-state index is 13.0. The SMILES string of the molecule is CC(O)[C@H]1O[C@]1(c1ccccc1)C(F)(F)F. The van der Waals surface area contributed by atoms with Crippen LogP contribution in [0, 0.1) is 0 Å². The predicted molar refractivity (Wildman–Crippen MR) is 50.7 cm³/mol. The van der Waals surface area contributed by atoms with Crippen LogP contribution >= 0.6 is 0 Å². The van der Waals surface area contributed by atoms with Crippen LogP contribution in [0.5, 0.6) is 0 Å². The second kappa shape index (κ2) is 3.46. The smallest absolute Gasteiger partial charge is 0.391 e. The van der Waals surface area contributed by atoms with Crippen LogP contribution in [0.25, 0.3) is 0 Å². The molecule has 0 saturated carbocycles. The van der Waals surface area contributed by atoms with Gasteiger partial charge < -0.3 is 9.84 Å². The Hall–Kier alpha value is -1.07. The van der Waals surface area contributed by atoms with Crippen LogP contribution in [0.2, 0.25) is 0 Å². The quantitative estimate of drug-likeness (QED) is 0.793. The Bertz CT molecular complexity index is 375. The molecule has 1 unspecified atom stereocenters. The van der Waals surface area contributed by atoms with Gasteiger partial charge in [0.25, 0.3) is 0 Å². The monoisotopic (exact) mass is 232 g/mol. The largest absolute Gasteiger partial charge is 0.424 e. The van der Waals surface area contributed by atoms with Crippen molar-refractivity contribution in [3.63, 3.8) is 0 Å². The molecule has 3 atom stereocenters. The molecule has 0 aromatic heterocycles. The number of epoxide rings is 1. The van der Waals surface area contributed by atoms with Crippen molar-refractivity contribution in [2.45, 2.75) is 30.9 Å². The second-order valence-electron chi connectivity index (χ2n) is 3.88. The molecule has 1 aliphatic heterocycles. The van der Waals surface area contributed by atoms with Crippen LogP contribution in [0.15, 0.2) is 30.3 Å². The van der Waals surface area contributed by atoms with E-state index in [9.17, 15) is 18.3 Å². The molecule has 1 heterocycles. The van der Waals surface area contributed by atoms with E-state index >= 15 is 0 Å². The molecule has 0 aliphatic carbocycles. The number of halogens is 3. The summed E-state index contributed by atoms with van der Waals surface area (Å²) in [6.07, 6.45) is -6.88. The number of hydrogen-bond acceptors (Lipinski definition) is 2. The van der Waals surface area contributed by atoms with Crippen LogP contribution < -0.4 is 0 Å². The molecule has 88 valence electrons. The van der Waals surface area contributed by atoms with Gasteiger partial charge in [0.05, 0.1) is 6.10 Å². The summed E-state index contributed by atoms with van der Waals surface area (Å²) in [7, 11) is 0. The molecule has 0 radical (unpaired) electrons. The van der Waals surface area contributed by atoms with Crippen molar-refractivity contribution in [2.75, 3.05) is 0 Å². The summed E-state index contributed by atoms with van der Waals surface area (Å²) < 4.78 is 43.6. The van der Waals surface area contributed by atoms with Gasteiger partial charge in [-0.1, -0.05) is 30.3 Å². The molecule has 1 N–H and O–H groups in total. The first-order chi connectivity index (χ1) is 7.39. The standard InChI is InChI=1S/C11H11F3O2/c1-7(15)9-10(16-9,11(12,13)14)8-5-3-2-4-6-8/h2-7,9,15H,1H3/t7?,9-,10+/m1/s1. The van der Waals surface area contributed by atoms with E-state index in [1.165, 1.54) is 31.2 Å². The lowest BCUT2D eigenvalue weighted by atomic mass is 9.92. The Balaban J connectivity index is 2.40. The van der Waals surface area contributed by atoms with E-state index in [-0.39, 0.29) is 5.56 Å². The first-order valence-corrected chi connectivity index (χ1v) is 4.88. The van der Waals surface area contributed by atoms with E-state index in [0.717, 1.165) is 0 Å². The molecule has 5 heteroatoms. The fourth-order valence-corrected chi connectivity index (χ4v) is 1.91. The van der Waals surface area contributed by atoms with Gasteiger partial charge >= 0.3 is 6.18 Å². The van der Waals surface area contributed by atoms with Crippen molar-refractivity contribution in [2.24, 2.45) is 0 Å². The lowest BCUT2D eigenvalue weighted by Crippen LogP contribution is -2.35. The molecule has 1 aromatic rings. The summed E-state index contributed by atoms with van der Waals surface area (Å²) in [4.78, 5) is 0. The van der Waals surface area contributed by atoms with E-state index in [0.29, 0.717) is 0 Å². The lowest BCUT2D eigenvalue weighted by Gasteiger charge is -2.18. The fraction of sp³-hybridized carbons (Fsp3) is 0.455. The van der Waals surface area contributed by atoms with Gasteiger partial charge in [-0.3, -0.25) is 0 Å². The van der Waals surface area contributed by atoms with Gasteiger partial charge in [-0.2, -0.15) is 13.2 Å². The van der Waals surface area contributed by atoms with E-state index in [1.54, 1.807) is 6.07 Å². The summed E-state index contributed by atoms with van der Waals surface area (Å²) in [5.41, 5.74) is -2.30. The van der Waals surface area contributed by atoms with Crippen LogP contribution in [0.3, 0.4) is 0 Å². The van der Waals surface area contributed by atoms with Gasteiger partial charge in [0, 0.05) is 0 Å². The molecule has 2 nitrogen and oxygen atoms in total. The molecular formula is C11H11F3O2. The van der Waals surface area contributed by atoms with E-state index in [1.807, 2.05) is 0 Å². The lowest BCUT2D eigenvalue weighted by molar-refractivity contribution is -0.188. The van der Waals surface area contributed by atoms with Crippen LogP contribution in [-0.4, -0.2) is 23.5 Å².